The average molecular weight is 329 g/mol. The minimum Gasteiger partial charge on any atom is -0.355 e. The lowest BCUT2D eigenvalue weighted by atomic mass is 10.1. The van der Waals surface area contributed by atoms with Crippen molar-refractivity contribution in [3.8, 4) is 0 Å². The summed E-state index contributed by atoms with van der Waals surface area (Å²) < 4.78 is 22.2. The van der Waals surface area contributed by atoms with Gasteiger partial charge in [0, 0.05) is 31.3 Å². The van der Waals surface area contributed by atoms with E-state index in [0.717, 1.165) is 0 Å². The van der Waals surface area contributed by atoms with Crippen molar-refractivity contribution in [3.05, 3.63) is 29.3 Å². The number of sulfone groups is 1. The summed E-state index contributed by atoms with van der Waals surface area (Å²) in [4.78, 5) is 5.32. The van der Waals surface area contributed by atoms with Crippen LogP contribution in [0, 0.1) is 6.92 Å². The Kier molecular flexibility index (Phi) is 7.04. The Hall–Kier alpha value is -1.21. The first-order valence-corrected chi connectivity index (χ1v) is 9.90. The standard InChI is InChI=1S/C14H23N3O2S2/c1-11-5-6-12(13(9-11)20-3)10-17-14(15-2)16-7-8-21(4,18)19/h5-6,9H,7-8,10H2,1-4H3,(H2,15,16,17). The predicted molar refractivity (Wildman–Crippen MR) is 90.9 cm³/mol. The van der Waals surface area contributed by atoms with Gasteiger partial charge in [-0.25, -0.2) is 8.42 Å². The van der Waals surface area contributed by atoms with Gasteiger partial charge in [-0.05, 0) is 30.4 Å². The Morgan fingerprint density at radius 1 is 1.33 bits per heavy atom. The van der Waals surface area contributed by atoms with Crippen LogP contribution in [0.5, 0.6) is 0 Å². The van der Waals surface area contributed by atoms with Gasteiger partial charge < -0.3 is 10.6 Å². The lowest BCUT2D eigenvalue weighted by molar-refractivity contribution is 0.600. The van der Waals surface area contributed by atoms with Gasteiger partial charge in [0.2, 0.25) is 0 Å². The molecular formula is C14H23N3O2S2. The predicted octanol–water partition coefficient (Wildman–Crippen LogP) is 1.43. The highest BCUT2D eigenvalue weighted by atomic mass is 32.2. The Balaban J connectivity index is 2.56. The van der Waals surface area contributed by atoms with E-state index >= 15 is 0 Å². The smallest absolute Gasteiger partial charge is 0.191 e. The molecule has 0 unspecified atom stereocenters. The van der Waals surface area contributed by atoms with Crippen LogP contribution >= 0.6 is 11.8 Å². The van der Waals surface area contributed by atoms with E-state index in [4.69, 9.17) is 0 Å². The molecule has 1 aromatic rings. The summed E-state index contributed by atoms with van der Waals surface area (Å²) in [5.41, 5.74) is 2.43. The Morgan fingerprint density at radius 2 is 2.05 bits per heavy atom. The highest BCUT2D eigenvalue weighted by molar-refractivity contribution is 7.98. The van der Waals surface area contributed by atoms with Crippen molar-refractivity contribution in [1.82, 2.24) is 10.6 Å². The second kappa shape index (κ2) is 8.29. The molecule has 0 aliphatic rings. The molecule has 0 aliphatic heterocycles. The van der Waals surface area contributed by atoms with Crippen LogP contribution < -0.4 is 10.6 Å². The third-order valence-electron chi connectivity index (χ3n) is 2.88. The van der Waals surface area contributed by atoms with Crippen molar-refractivity contribution in [1.29, 1.82) is 0 Å². The molecule has 0 amide bonds. The molecule has 2 N–H and O–H groups in total. The van der Waals surface area contributed by atoms with Crippen molar-refractivity contribution in [2.45, 2.75) is 18.4 Å². The molecule has 118 valence electrons. The number of rotatable bonds is 6. The molecule has 0 atom stereocenters. The number of nitrogens with zero attached hydrogens (tertiary/aromatic N) is 1. The van der Waals surface area contributed by atoms with Gasteiger partial charge in [0.05, 0.1) is 5.75 Å². The normalized spacial score (nSPS) is 12.3. The molecule has 5 nitrogen and oxygen atoms in total. The van der Waals surface area contributed by atoms with E-state index < -0.39 is 9.84 Å². The quantitative estimate of drug-likeness (QED) is 0.469. The Morgan fingerprint density at radius 3 is 2.62 bits per heavy atom. The van der Waals surface area contributed by atoms with E-state index in [1.54, 1.807) is 18.8 Å². The monoisotopic (exact) mass is 329 g/mol. The Bertz CT molecular complexity index is 598. The number of thioether (sulfide) groups is 1. The van der Waals surface area contributed by atoms with E-state index in [9.17, 15) is 8.42 Å². The van der Waals surface area contributed by atoms with Crippen molar-refractivity contribution >= 4 is 27.6 Å². The lowest BCUT2D eigenvalue weighted by Gasteiger charge is -2.13. The van der Waals surface area contributed by atoms with Gasteiger partial charge in [0.25, 0.3) is 0 Å². The second-order valence-corrected chi connectivity index (χ2v) is 7.91. The summed E-state index contributed by atoms with van der Waals surface area (Å²) in [5, 5.41) is 6.19. The van der Waals surface area contributed by atoms with Gasteiger partial charge in [-0.15, -0.1) is 11.8 Å². The van der Waals surface area contributed by atoms with Gasteiger partial charge in [0.15, 0.2) is 5.96 Å². The number of guanidine groups is 1. The van der Waals surface area contributed by atoms with E-state index in [1.165, 1.54) is 22.3 Å². The third-order valence-corrected chi connectivity index (χ3v) is 4.64. The Labute approximate surface area is 131 Å². The number of aliphatic imine (C=N–C) groups is 1. The third kappa shape index (κ3) is 6.86. The summed E-state index contributed by atoms with van der Waals surface area (Å²) in [6, 6.07) is 6.33. The molecule has 0 fully saturated rings. The topological polar surface area (TPSA) is 70.6 Å². The van der Waals surface area contributed by atoms with Crippen LogP contribution in [0.15, 0.2) is 28.1 Å². The van der Waals surface area contributed by atoms with Crippen molar-refractivity contribution in [3.63, 3.8) is 0 Å². The molecule has 7 heteroatoms. The van der Waals surface area contributed by atoms with Crippen LogP contribution in [0.4, 0.5) is 0 Å². The summed E-state index contributed by atoms with van der Waals surface area (Å²) >= 11 is 1.71. The fraction of sp³-hybridized carbons (Fsp3) is 0.500. The SMILES string of the molecule is CN=C(NCCS(C)(=O)=O)NCc1ccc(C)cc1SC. The molecular weight excluding hydrogens is 306 g/mol. The lowest BCUT2D eigenvalue weighted by Crippen LogP contribution is -2.39. The van der Waals surface area contributed by atoms with Gasteiger partial charge in [0.1, 0.15) is 9.84 Å². The van der Waals surface area contributed by atoms with E-state index in [-0.39, 0.29) is 5.75 Å². The highest BCUT2D eigenvalue weighted by Crippen LogP contribution is 2.21. The molecule has 0 radical (unpaired) electrons. The minimum absolute atomic E-state index is 0.0916. The second-order valence-electron chi connectivity index (χ2n) is 4.80. The first-order chi connectivity index (χ1) is 9.85. The molecule has 1 rings (SSSR count). The minimum atomic E-state index is -2.96. The van der Waals surface area contributed by atoms with E-state index in [2.05, 4.69) is 47.0 Å². The van der Waals surface area contributed by atoms with Gasteiger partial charge in [-0.2, -0.15) is 0 Å². The molecule has 0 spiro atoms. The summed E-state index contributed by atoms with van der Waals surface area (Å²) in [7, 11) is -1.29. The zero-order valence-electron chi connectivity index (χ0n) is 12.9. The van der Waals surface area contributed by atoms with Crippen molar-refractivity contribution in [2.75, 3.05) is 31.9 Å². The van der Waals surface area contributed by atoms with Crippen molar-refractivity contribution in [2.24, 2.45) is 4.99 Å². The first-order valence-electron chi connectivity index (χ1n) is 6.61. The molecule has 1 aromatic carbocycles. The van der Waals surface area contributed by atoms with Crippen molar-refractivity contribution < 1.29 is 8.42 Å². The zero-order valence-corrected chi connectivity index (χ0v) is 14.6. The van der Waals surface area contributed by atoms with Crippen LogP contribution in [0.3, 0.4) is 0 Å². The summed E-state index contributed by atoms with van der Waals surface area (Å²) in [6.07, 6.45) is 3.28. The largest absolute Gasteiger partial charge is 0.355 e. The number of aryl methyl sites for hydroxylation is 1. The van der Waals surface area contributed by atoms with Gasteiger partial charge in [-0.3, -0.25) is 4.99 Å². The van der Waals surface area contributed by atoms with Gasteiger partial charge >= 0.3 is 0 Å². The molecule has 0 saturated carbocycles. The van der Waals surface area contributed by atoms with Crippen LogP contribution in [0.25, 0.3) is 0 Å². The molecule has 0 heterocycles. The highest BCUT2D eigenvalue weighted by Gasteiger charge is 2.05. The van der Waals surface area contributed by atoms with E-state index in [0.29, 0.717) is 19.0 Å². The fourth-order valence-corrected chi connectivity index (χ4v) is 2.93. The molecule has 0 bridgehead atoms. The number of benzene rings is 1. The maximum atomic E-state index is 11.1. The molecule has 0 saturated heterocycles. The van der Waals surface area contributed by atoms with Crippen LogP contribution in [-0.2, 0) is 16.4 Å². The summed E-state index contributed by atoms with van der Waals surface area (Å²) in [6.45, 7) is 3.07. The zero-order chi connectivity index (χ0) is 15.9. The fourth-order valence-electron chi connectivity index (χ4n) is 1.75. The summed E-state index contributed by atoms with van der Waals surface area (Å²) in [5.74, 6) is 0.695. The van der Waals surface area contributed by atoms with E-state index in [1.807, 2.05) is 0 Å². The molecule has 0 aromatic heterocycles. The van der Waals surface area contributed by atoms with Crippen LogP contribution in [0.2, 0.25) is 0 Å². The maximum absolute atomic E-state index is 11.1. The number of hydrogen-bond donors (Lipinski definition) is 2. The first kappa shape index (κ1) is 17.8. The number of hydrogen-bond acceptors (Lipinski definition) is 4. The van der Waals surface area contributed by atoms with Crippen LogP contribution in [-0.4, -0.2) is 46.2 Å². The van der Waals surface area contributed by atoms with Crippen LogP contribution in [0.1, 0.15) is 11.1 Å². The average Bonchev–Trinajstić information content (AvgIpc) is 2.42. The maximum Gasteiger partial charge on any atom is 0.191 e. The molecule has 0 aliphatic carbocycles. The van der Waals surface area contributed by atoms with Gasteiger partial charge in [-0.1, -0.05) is 12.1 Å². The molecule has 21 heavy (non-hydrogen) atoms. The number of nitrogens with one attached hydrogen (secondary N) is 2.